The molecule has 2 aromatic heterocycles. The van der Waals surface area contributed by atoms with Crippen molar-refractivity contribution in [3.05, 3.63) is 58.3 Å². The van der Waals surface area contributed by atoms with Crippen molar-refractivity contribution in [1.82, 2.24) is 14.1 Å². The van der Waals surface area contributed by atoms with E-state index >= 15 is 0 Å². The van der Waals surface area contributed by atoms with Crippen molar-refractivity contribution >= 4 is 37.8 Å². The average molecular weight is 468 g/mol. The molecular weight excluding hydrogens is 442 g/mol. The van der Waals surface area contributed by atoms with Gasteiger partial charge in [0.1, 0.15) is 5.52 Å². The second-order valence-corrected chi connectivity index (χ2v) is 11.7. The normalized spacial score (nSPS) is 17.0. The standard InChI is InChI=1S/C24H25N3O5S/c1-14(2)26-20-9-16(21(28)11-24(4)12-33(30,31)13-24)5-8-19(20)27(23(26)29)17-6-7-18-22(10-17)32-15(3)25-18/h5-10,14H,11-13H2,1-4H3. The molecule has 0 N–H and O–H groups in total. The number of benzene rings is 2. The molecule has 1 aliphatic heterocycles. The van der Waals surface area contributed by atoms with Gasteiger partial charge in [-0.1, -0.05) is 6.92 Å². The van der Waals surface area contributed by atoms with Crippen LogP contribution < -0.4 is 5.69 Å². The van der Waals surface area contributed by atoms with Crippen molar-refractivity contribution in [3.8, 4) is 5.69 Å². The Morgan fingerprint density at radius 3 is 2.55 bits per heavy atom. The number of hydrogen-bond acceptors (Lipinski definition) is 6. The molecule has 3 heterocycles. The second kappa shape index (κ2) is 7.15. The zero-order chi connectivity index (χ0) is 23.7. The van der Waals surface area contributed by atoms with E-state index in [0.717, 1.165) is 5.52 Å². The average Bonchev–Trinajstić information content (AvgIpc) is 3.20. The minimum absolute atomic E-state index is 0.0324. The third kappa shape index (κ3) is 3.60. The lowest BCUT2D eigenvalue weighted by Gasteiger charge is -2.37. The molecule has 0 saturated carbocycles. The van der Waals surface area contributed by atoms with Crippen molar-refractivity contribution in [2.45, 2.75) is 40.2 Å². The molecule has 0 unspecified atom stereocenters. The lowest BCUT2D eigenvalue weighted by Crippen LogP contribution is -2.47. The number of hydrogen-bond donors (Lipinski definition) is 0. The predicted molar refractivity (Wildman–Crippen MR) is 126 cm³/mol. The third-order valence-corrected chi connectivity index (χ3v) is 8.45. The van der Waals surface area contributed by atoms with E-state index in [1.54, 1.807) is 40.3 Å². The summed E-state index contributed by atoms with van der Waals surface area (Å²) in [4.78, 5) is 30.7. The van der Waals surface area contributed by atoms with Gasteiger partial charge in [0.2, 0.25) is 0 Å². The van der Waals surface area contributed by atoms with Crippen LogP contribution in [0.3, 0.4) is 0 Å². The number of imidazole rings is 1. The molecular formula is C24H25N3O5S. The Labute approximate surface area is 190 Å². The van der Waals surface area contributed by atoms with Gasteiger partial charge in [-0.25, -0.2) is 18.2 Å². The highest BCUT2D eigenvalue weighted by Gasteiger charge is 2.45. The fourth-order valence-corrected chi connectivity index (χ4v) is 7.16. The van der Waals surface area contributed by atoms with Crippen LogP contribution in [0.4, 0.5) is 0 Å². The van der Waals surface area contributed by atoms with Gasteiger partial charge in [-0.15, -0.1) is 0 Å². The number of oxazole rings is 1. The van der Waals surface area contributed by atoms with Gasteiger partial charge in [0.05, 0.1) is 28.2 Å². The van der Waals surface area contributed by atoms with Gasteiger partial charge in [-0.2, -0.15) is 0 Å². The Morgan fingerprint density at radius 2 is 1.88 bits per heavy atom. The lowest BCUT2D eigenvalue weighted by molar-refractivity contribution is 0.0936. The highest BCUT2D eigenvalue weighted by molar-refractivity contribution is 7.92. The third-order valence-electron chi connectivity index (χ3n) is 6.17. The molecule has 0 atom stereocenters. The van der Waals surface area contributed by atoms with Crippen LogP contribution in [0, 0.1) is 12.3 Å². The number of Topliss-reactive ketones (excluding diaryl/α,β-unsaturated/α-hetero) is 1. The van der Waals surface area contributed by atoms with Gasteiger partial charge < -0.3 is 4.42 Å². The van der Waals surface area contributed by atoms with E-state index < -0.39 is 15.3 Å². The summed E-state index contributed by atoms with van der Waals surface area (Å²) in [7, 11) is -3.03. The molecule has 33 heavy (non-hydrogen) atoms. The van der Waals surface area contributed by atoms with Gasteiger partial charge in [-0.05, 0) is 44.2 Å². The van der Waals surface area contributed by atoms with E-state index in [2.05, 4.69) is 4.98 Å². The molecule has 0 aliphatic carbocycles. The van der Waals surface area contributed by atoms with Crippen LogP contribution in [0.5, 0.6) is 0 Å². The molecule has 0 spiro atoms. The number of sulfone groups is 1. The molecule has 9 heteroatoms. The van der Waals surface area contributed by atoms with Gasteiger partial charge in [-0.3, -0.25) is 13.9 Å². The first-order valence-electron chi connectivity index (χ1n) is 10.8. The molecule has 8 nitrogen and oxygen atoms in total. The zero-order valence-electron chi connectivity index (χ0n) is 19.0. The Morgan fingerprint density at radius 1 is 1.15 bits per heavy atom. The molecule has 1 aliphatic rings. The monoisotopic (exact) mass is 467 g/mol. The number of rotatable bonds is 5. The van der Waals surface area contributed by atoms with Crippen LogP contribution in [-0.4, -0.2) is 39.8 Å². The molecule has 4 aromatic rings. The Balaban J connectivity index is 1.61. The number of aryl methyl sites for hydroxylation is 1. The summed E-state index contributed by atoms with van der Waals surface area (Å²) in [6.07, 6.45) is 0.159. The molecule has 2 aromatic carbocycles. The van der Waals surface area contributed by atoms with Crippen molar-refractivity contribution in [3.63, 3.8) is 0 Å². The zero-order valence-corrected chi connectivity index (χ0v) is 19.8. The number of ketones is 1. The Hall–Kier alpha value is -3.20. The van der Waals surface area contributed by atoms with Crippen LogP contribution >= 0.6 is 0 Å². The minimum Gasteiger partial charge on any atom is -0.441 e. The van der Waals surface area contributed by atoms with E-state index in [0.29, 0.717) is 33.8 Å². The second-order valence-electron chi connectivity index (χ2n) is 9.61. The lowest BCUT2D eigenvalue weighted by atomic mass is 9.86. The molecule has 5 rings (SSSR count). The SMILES string of the molecule is Cc1nc2ccc(-n3c(=O)n(C(C)C)c4cc(C(=O)CC5(C)CS(=O)(=O)C5)ccc43)cc2o1. The summed E-state index contributed by atoms with van der Waals surface area (Å²) in [6, 6.07) is 10.5. The first-order chi connectivity index (χ1) is 15.5. The number of carbonyl (C=O) groups is 1. The van der Waals surface area contributed by atoms with Crippen molar-refractivity contribution < 1.29 is 17.6 Å². The Kier molecular flexibility index (Phi) is 4.69. The first kappa shape index (κ1) is 21.6. The quantitative estimate of drug-likeness (QED) is 0.413. The molecule has 0 radical (unpaired) electrons. The van der Waals surface area contributed by atoms with Gasteiger partial charge >= 0.3 is 5.69 Å². The fraction of sp³-hybridized carbons (Fsp3) is 0.375. The van der Waals surface area contributed by atoms with Gasteiger partial charge in [0.25, 0.3) is 0 Å². The summed E-state index contributed by atoms with van der Waals surface area (Å²) < 4.78 is 32.1. The molecule has 1 saturated heterocycles. The van der Waals surface area contributed by atoms with Crippen molar-refractivity contribution in [2.24, 2.45) is 5.41 Å². The maximum absolute atomic E-state index is 13.4. The molecule has 172 valence electrons. The van der Waals surface area contributed by atoms with E-state index in [-0.39, 0.29) is 35.4 Å². The van der Waals surface area contributed by atoms with Crippen LogP contribution in [0.2, 0.25) is 0 Å². The van der Waals surface area contributed by atoms with Gasteiger partial charge in [0, 0.05) is 36.4 Å². The topological polar surface area (TPSA) is 104 Å². The van der Waals surface area contributed by atoms with Crippen LogP contribution in [-0.2, 0) is 9.84 Å². The van der Waals surface area contributed by atoms with E-state index in [1.807, 2.05) is 32.9 Å². The highest BCUT2D eigenvalue weighted by Crippen LogP contribution is 2.37. The predicted octanol–water partition coefficient (Wildman–Crippen LogP) is 3.83. The van der Waals surface area contributed by atoms with Crippen molar-refractivity contribution in [1.29, 1.82) is 0 Å². The van der Waals surface area contributed by atoms with E-state index in [1.165, 1.54) is 0 Å². The molecule has 0 bridgehead atoms. The number of fused-ring (bicyclic) bond motifs is 2. The fourth-order valence-electron chi connectivity index (χ4n) is 4.92. The number of aromatic nitrogens is 3. The maximum Gasteiger partial charge on any atom is 0.333 e. The van der Waals surface area contributed by atoms with Crippen LogP contribution in [0.25, 0.3) is 27.8 Å². The maximum atomic E-state index is 13.4. The highest BCUT2D eigenvalue weighted by atomic mass is 32.2. The smallest absolute Gasteiger partial charge is 0.333 e. The summed E-state index contributed by atoms with van der Waals surface area (Å²) >= 11 is 0. The summed E-state index contributed by atoms with van der Waals surface area (Å²) in [5, 5.41) is 0. The summed E-state index contributed by atoms with van der Waals surface area (Å²) in [5.41, 5.74) is 3.03. The van der Waals surface area contributed by atoms with Crippen molar-refractivity contribution in [2.75, 3.05) is 11.5 Å². The Bertz CT molecular complexity index is 1590. The number of carbonyl (C=O) groups excluding carboxylic acids is 1. The summed E-state index contributed by atoms with van der Waals surface area (Å²) in [6.45, 7) is 7.44. The van der Waals surface area contributed by atoms with Crippen LogP contribution in [0.1, 0.15) is 49.5 Å². The van der Waals surface area contributed by atoms with E-state index in [9.17, 15) is 18.0 Å². The first-order valence-corrected chi connectivity index (χ1v) is 12.7. The molecule has 0 amide bonds. The van der Waals surface area contributed by atoms with Gasteiger partial charge in [0.15, 0.2) is 27.1 Å². The largest absolute Gasteiger partial charge is 0.441 e. The van der Waals surface area contributed by atoms with E-state index in [4.69, 9.17) is 4.42 Å². The molecule has 1 fully saturated rings. The number of nitrogens with zero attached hydrogens (tertiary/aromatic N) is 3. The minimum atomic E-state index is -3.03. The summed E-state index contributed by atoms with van der Waals surface area (Å²) in [5.74, 6) is 0.494. The van der Waals surface area contributed by atoms with Crippen LogP contribution in [0.15, 0.2) is 45.6 Å².